The number of hydrogen-bond acceptors (Lipinski definition) is 4. The predicted octanol–water partition coefficient (Wildman–Crippen LogP) is 3.52. The number of likely N-dealkylation sites (tertiary alicyclic amines) is 2. The molecule has 3 fully saturated rings. The Morgan fingerprint density at radius 3 is 2.43 bits per heavy atom. The molecule has 152 valence electrons. The molecule has 2 saturated heterocycles. The first-order chi connectivity index (χ1) is 13.6. The molecule has 2 heterocycles. The van der Waals surface area contributed by atoms with Gasteiger partial charge in [0, 0.05) is 43.2 Å². The molecule has 28 heavy (non-hydrogen) atoms. The van der Waals surface area contributed by atoms with Gasteiger partial charge < -0.3 is 9.64 Å². The monoisotopic (exact) mass is 384 g/mol. The lowest BCUT2D eigenvalue weighted by molar-refractivity contribution is -0.139. The molecule has 1 aromatic carbocycles. The van der Waals surface area contributed by atoms with E-state index in [-0.39, 0.29) is 5.78 Å². The Bertz CT molecular complexity index is 696. The Kier molecular flexibility index (Phi) is 6.00. The molecule has 2 atom stereocenters. The van der Waals surface area contributed by atoms with Crippen LogP contribution in [0.4, 0.5) is 0 Å². The van der Waals surface area contributed by atoms with Gasteiger partial charge in [-0.15, -0.1) is 0 Å². The SMILES string of the molecule is CC(=O)c1ccc(OCCCN2C[C@H]3C[C@@H]2CN3C(=O)C2CCCCC2)cc1. The summed E-state index contributed by atoms with van der Waals surface area (Å²) < 4.78 is 5.82. The van der Waals surface area contributed by atoms with E-state index in [1.807, 2.05) is 24.3 Å². The van der Waals surface area contributed by atoms with Crippen LogP contribution in [-0.2, 0) is 4.79 Å². The number of nitrogens with zero attached hydrogens (tertiary/aromatic N) is 2. The average Bonchev–Trinajstić information content (AvgIpc) is 3.32. The van der Waals surface area contributed by atoms with E-state index < -0.39 is 0 Å². The van der Waals surface area contributed by atoms with Crippen molar-refractivity contribution in [2.45, 2.75) is 64.0 Å². The first kappa shape index (κ1) is 19.4. The van der Waals surface area contributed by atoms with E-state index in [2.05, 4.69) is 9.80 Å². The number of piperazine rings is 1. The molecule has 0 unspecified atom stereocenters. The number of hydrogen-bond donors (Lipinski definition) is 0. The van der Waals surface area contributed by atoms with E-state index in [9.17, 15) is 9.59 Å². The molecular formula is C23H32N2O3. The molecule has 2 bridgehead atoms. The zero-order chi connectivity index (χ0) is 19.5. The van der Waals surface area contributed by atoms with E-state index >= 15 is 0 Å². The van der Waals surface area contributed by atoms with E-state index in [1.54, 1.807) is 6.92 Å². The van der Waals surface area contributed by atoms with Crippen LogP contribution in [0.25, 0.3) is 0 Å². The van der Waals surface area contributed by atoms with Gasteiger partial charge in [-0.1, -0.05) is 19.3 Å². The van der Waals surface area contributed by atoms with Gasteiger partial charge in [-0.05, 0) is 56.9 Å². The van der Waals surface area contributed by atoms with Crippen LogP contribution >= 0.6 is 0 Å². The maximum Gasteiger partial charge on any atom is 0.226 e. The van der Waals surface area contributed by atoms with Crippen molar-refractivity contribution in [3.8, 4) is 5.75 Å². The summed E-state index contributed by atoms with van der Waals surface area (Å²) in [6, 6.07) is 8.32. The van der Waals surface area contributed by atoms with E-state index in [0.717, 1.165) is 51.1 Å². The fourth-order valence-electron chi connectivity index (χ4n) is 5.12. The minimum absolute atomic E-state index is 0.0756. The molecule has 0 N–H and O–H groups in total. The highest BCUT2D eigenvalue weighted by Crippen LogP contribution is 2.34. The van der Waals surface area contributed by atoms with Crippen molar-refractivity contribution >= 4 is 11.7 Å². The summed E-state index contributed by atoms with van der Waals surface area (Å²) in [4.78, 5) is 28.9. The van der Waals surface area contributed by atoms with Crippen molar-refractivity contribution in [2.24, 2.45) is 5.92 Å². The molecule has 4 rings (SSSR count). The summed E-state index contributed by atoms with van der Waals surface area (Å²) in [6.07, 6.45) is 8.07. The number of amides is 1. The lowest BCUT2D eigenvalue weighted by Gasteiger charge is -2.36. The predicted molar refractivity (Wildman–Crippen MR) is 109 cm³/mol. The zero-order valence-electron chi connectivity index (χ0n) is 16.9. The quantitative estimate of drug-likeness (QED) is 0.533. The summed E-state index contributed by atoms with van der Waals surface area (Å²) in [7, 11) is 0. The van der Waals surface area contributed by atoms with E-state index in [0.29, 0.717) is 36.1 Å². The number of carbonyl (C=O) groups is 2. The smallest absolute Gasteiger partial charge is 0.226 e. The molecule has 0 aromatic heterocycles. The second-order valence-corrected chi connectivity index (χ2v) is 8.65. The third kappa shape index (κ3) is 4.24. The molecule has 5 nitrogen and oxygen atoms in total. The van der Waals surface area contributed by atoms with Gasteiger partial charge in [0.25, 0.3) is 0 Å². The highest BCUT2D eigenvalue weighted by molar-refractivity contribution is 5.94. The minimum atomic E-state index is 0.0756. The Labute approximate surface area is 168 Å². The van der Waals surface area contributed by atoms with Crippen LogP contribution in [-0.4, -0.2) is 59.8 Å². The lowest BCUT2D eigenvalue weighted by Crippen LogP contribution is -2.50. The largest absolute Gasteiger partial charge is 0.494 e. The van der Waals surface area contributed by atoms with Crippen molar-refractivity contribution < 1.29 is 14.3 Å². The maximum absolute atomic E-state index is 12.8. The van der Waals surface area contributed by atoms with Gasteiger partial charge in [-0.3, -0.25) is 14.5 Å². The molecular weight excluding hydrogens is 352 g/mol. The molecule has 2 aliphatic heterocycles. The van der Waals surface area contributed by atoms with Crippen LogP contribution in [0.5, 0.6) is 5.75 Å². The Morgan fingerprint density at radius 2 is 1.79 bits per heavy atom. The Morgan fingerprint density at radius 1 is 1.04 bits per heavy atom. The number of carbonyl (C=O) groups excluding carboxylic acids is 2. The van der Waals surface area contributed by atoms with Crippen molar-refractivity contribution in [3.05, 3.63) is 29.8 Å². The van der Waals surface area contributed by atoms with Crippen molar-refractivity contribution in [3.63, 3.8) is 0 Å². The minimum Gasteiger partial charge on any atom is -0.494 e. The molecule has 0 spiro atoms. The highest BCUT2D eigenvalue weighted by Gasteiger charge is 2.45. The number of benzene rings is 1. The molecule has 3 aliphatic rings. The first-order valence-electron chi connectivity index (χ1n) is 10.9. The number of ether oxygens (including phenoxy) is 1. The molecule has 0 radical (unpaired) electrons. The second kappa shape index (κ2) is 8.64. The second-order valence-electron chi connectivity index (χ2n) is 8.65. The fraction of sp³-hybridized carbons (Fsp3) is 0.652. The van der Waals surface area contributed by atoms with Gasteiger partial charge >= 0.3 is 0 Å². The summed E-state index contributed by atoms with van der Waals surface area (Å²) in [6.45, 7) is 5.23. The van der Waals surface area contributed by atoms with Gasteiger partial charge in [0.2, 0.25) is 5.91 Å². The number of Topliss-reactive ketones (excluding diaryl/α,β-unsaturated/α-hetero) is 1. The van der Waals surface area contributed by atoms with Gasteiger partial charge in [0.1, 0.15) is 5.75 Å². The van der Waals surface area contributed by atoms with Gasteiger partial charge in [0.15, 0.2) is 5.78 Å². The summed E-state index contributed by atoms with van der Waals surface area (Å²) >= 11 is 0. The third-order valence-corrected chi connectivity index (χ3v) is 6.71. The Hall–Kier alpha value is -1.88. The molecule has 5 heteroatoms. The number of rotatable bonds is 7. The van der Waals surface area contributed by atoms with Crippen LogP contribution in [0.3, 0.4) is 0 Å². The highest BCUT2D eigenvalue weighted by atomic mass is 16.5. The summed E-state index contributed by atoms with van der Waals surface area (Å²) in [5.41, 5.74) is 0.716. The van der Waals surface area contributed by atoms with Crippen LogP contribution < -0.4 is 4.74 Å². The van der Waals surface area contributed by atoms with Crippen molar-refractivity contribution in [2.75, 3.05) is 26.2 Å². The third-order valence-electron chi connectivity index (χ3n) is 6.71. The maximum atomic E-state index is 12.8. The first-order valence-corrected chi connectivity index (χ1v) is 10.9. The fourth-order valence-corrected chi connectivity index (χ4v) is 5.12. The topological polar surface area (TPSA) is 49.9 Å². The summed E-state index contributed by atoms with van der Waals surface area (Å²) in [5.74, 6) is 1.62. The van der Waals surface area contributed by atoms with E-state index in [1.165, 1.54) is 19.3 Å². The van der Waals surface area contributed by atoms with Gasteiger partial charge in [-0.2, -0.15) is 0 Å². The zero-order valence-corrected chi connectivity index (χ0v) is 16.9. The van der Waals surface area contributed by atoms with Crippen molar-refractivity contribution in [1.82, 2.24) is 9.80 Å². The van der Waals surface area contributed by atoms with Crippen LogP contribution in [0, 0.1) is 5.92 Å². The molecule has 1 saturated carbocycles. The Balaban J connectivity index is 1.18. The van der Waals surface area contributed by atoms with Crippen molar-refractivity contribution in [1.29, 1.82) is 0 Å². The van der Waals surface area contributed by atoms with E-state index in [4.69, 9.17) is 4.74 Å². The average molecular weight is 385 g/mol. The number of ketones is 1. The van der Waals surface area contributed by atoms with Gasteiger partial charge in [0.05, 0.1) is 6.61 Å². The summed E-state index contributed by atoms with van der Waals surface area (Å²) in [5, 5.41) is 0. The molecule has 1 amide bonds. The normalized spacial score (nSPS) is 25.2. The van der Waals surface area contributed by atoms with Crippen LogP contribution in [0.1, 0.15) is 62.2 Å². The van der Waals surface area contributed by atoms with Crippen LogP contribution in [0.2, 0.25) is 0 Å². The standard InChI is InChI=1S/C23H32N2O3/c1-17(26)18-8-10-22(11-9-18)28-13-5-12-24-15-21-14-20(24)16-25(21)23(27)19-6-3-2-4-7-19/h8-11,19-21H,2-7,12-16H2,1H3/t20-,21-/m1/s1. The van der Waals surface area contributed by atoms with Crippen LogP contribution in [0.15, 0.2) is 24.3 Å². The molecule has 1 aromatic rings. The molecule has 1 aliphatic carbocycles. The lowest BCUT2D eigenvalue weighted by atomic mass is 9.88. The van der Waals surface area contributed by atoms with Gasteiger partial charge in [-0.25, -0.2) is 0 Å². The number of fused-ring (bicyclic) bond motifs is 2.